The lowest BCUT2D eigenvalue weighted by molar-refractivity contribution is 0.0846. The van der Waals surface area contributed by atoms with E-state index in [4.69, 9.17) is 15.3 Å². The molecule has 0 radical (unpaired) electrons. The summed E-state index contributed by atoms with van der Waals surface area (Å²) in [6, 6.07) is 0.0364. The first-order valence-corrected chi connectivity index (χ1v) is 7.49. The molecule has 4 unspecified atom stereocenters. The first-order valence-electron chi connectivity index (χ1n) is 7.49. The van der Waals surface area contributed by atoms with Crippen LogP contribution in [0.1, 0.15) is 44.3 Å². The highest BCUT2D eigenvalue weighted by atomic mass is 16.5. The van der Waals surface area contributed by atoms with Gasteiger partial charge in [0.25, 0.3) is 0 Å². The lowest BCUT2D eigenvalue weighted by Gasteiger charge is -2.28. The summed E-state index contributed by atoms with van der Waals surface area (Å²) in [7, 11) is 1.68. The number of nitrogens with zero attached hydrogens (tertiary/aromatic N) is 2. The summed E-state index contributed by atoms with van der Waals surface area (Å²) >= 11 is 0. The van der Waals surface area contributed by atoms with Crippen molar-refractivity contribution < 1.29 is 9.47 Å². The standard InChI is InChI=1S/C14H24N4O2/c1-3-6-18-14(12(19-2)8-16-18)13(17-15)10-7-9-4-5-11(10)20-9/h8-11,13,17H,3-7,15H2,1-2H3. The van der Waals surface area contributed by atoms with Crippen molar-refractivity contribution in [1.29, 1.82) is 0 Å². The van der Waals surface area contributed by atoms with Crippen LogP contribution in [0.5, 0.6) is 5.75 Å². The van der Waals surface area contributed by atoms with Crippen LogP contribution in [0.3, 0.4) is 0 Å². The van der Waals surface area contributed by atoms with Gasteiger partial charge in [-0.15, -0.1) is 0 Å². The largest absolute Gasteiger partial charge is 0.493 e. The summed E-state index contributed by atoms with van der Waals surface area (Å²) in [6.07, 6.45) is 6.93. The van der Waals surface area contributed by atoms with Crippen LogP contribution in [0.2, 0.25) is 0 Å². The molecule has 0 spiro atoms. The van der Waals surface area contributed by atoms with Crippen molar-refractivity contribution in [1.82, 2.24) is 15.2 Å². The fourth-order valence-electron chi connectivity index (χ4n) is 3.67. The normalized spacial score (nSPS) is 29.9. The molecule has 0 saturated carbocycles. The van der Waals surface area contributed by atoms with Crippen LogP contribution in [0.4, 0.5) is 0 Å². The molecule has 1 aromatic rings. The molecule has 3 N–H and O–H groups in total. The lowest BCUT2D eigenvalue weighted by Crippen LogP contribution is -2.39. The summed E-state index contributed by atoms with van der Waals surface area (Å²) in [5.74, 6) is 7.07. The monoisotopic (exact) mass is 280 g/mol. The number of hydrazine groups is 1. The molecule has 0 aliphatic carbocycles. The molecule has 3 rings (SSSR count). The van der Waals surface area contributed by atoms with E-state index in [1.165, 1.54) is 6.42 Å². The Morgan fingerprint density at radius 3 is 3.00 bits per heavy atom. The Morgan fingerprint density at radius 2 is 2.45 bits per heavy atom. The first kappa shape index (κ1) is 13.9. The lowest BCUT2D eigenvalue weighted by atomic mass is 9.82. The Morgan fingerprint density at radius 1 is 1.60 bits per heavy atom. The van der Waals surface area contributed by atoms with Gasteiger partial charge in [-0.1, -0.05) is 6.92 Å². The molecule has 0 aromatic carbocycles. The molecule has 112 valence electrons. The van der Waals surface area contributed by atoms with Gasteiger partial charge in [0.15, 0.2) is 5.75 Å². The minimum absolute atomic E-state index is 0.0364. The second-order valence-electron chi connectivity index (χ2n) is 5.74. The average molecular weight is 280 g/mol. The molecule has 6 heteroatoms. The van der Waals surface area contributed by atoms with Crippen molar-refractivity contribution in [2.24, 2.45) is 11.8 Å². The number of fused-ring (bicyclic) bond motifs is 2. The zero-order chi connectivity index (χ0) is 14.1. The number of hydrogen-bond acceptors (Lipinski definition) is 5. The second kappa shape index (κ2) is 5.71. The minimum Gasteiger partial charge on any atom is -0.493 e. The van der Waals surface area contributed by atoms with Crippen LogP contribution in [0.15, 0.2) is 6.20 Å². The van der Waals surface area contributed by atoms with Crippen LogP contribution in [-0.2, 0) is 11.3 Å². The maximum atomic E-state index is 5.97. The van der Waals surface area contributed by atoms with E-state index in [9.17, 15) is 0 Å². The van der Waals surface area contributed by atoms with Crippen LogP contribution < -0.4 is 16.0 Å². The number of methoxy groups -OCH3 is 1. The van der Waals surface area contributed by atoms with Gasteiger partial charge in [-0.2, -0.15) is 5.10 Å². The van der Waals surface area contributed by atoms with E-state index < -0.39 is 0 Å². The molecule has 2 bridgehead atoms. The third-order valence-corrected chi connectivity index (χ3v) is 4.56. The number of rotatable bonds is 6. The van der Waals surface area contributed by atoms with Crippen molar-refractivity contribution in [3.8, 4) is 5.75 Å². The molecular weight excluding hydrogens is 256 g/mol. The molecule has 2 fully saturated rings. The molecule has 6 nitrogen and oxygen atoms in total. The van der Waals surface area contributed by atoms with Gasteiger partial charge in [-0.25, -0.2) is 0 Å². The SMILES string of the molecule is CCCn1ncc(OC)c1C(NN)C1CC2CCC1O2. The zero-order valence-electron chi connectivity index (χ0n) is 12.2. The zero-order valence-corrected chi connectivity index (χ0v) is 12.2. The van der Waals surface area contributed by atoms with Gasteiger partial charge >= 0.3 is 0 Å². The number of nitrogens with two attached hydrogens (primary N) is 1. The van der Waals surface area contributed by atoms with E-state index in [2.05, 4.69) is 17.4 Å². The predicted octanol–water partition coefficient (Wildman–Crippen LogP) is 1.37. The van der Waals surface area contributed by atoms with E-state index in [0.29, 0.717) is 18.1 Å². The Labute approximate surface area is 119 Å². The number of nitrogens with one attached hydrogen (secondary N) is 1. The van der Waals surface area contributed by atoms with Crippen molar-refractivity contribution >= 4 is 0 Å². The van der Waals surface area contributed by atoms with E-state index in [1.54, 1.807) is 13.3 Å². The smallest absolute Gasteiger partial charge is 0.161 e. The molecule has 3 heterocycles. The highest BCUT2D eigenvalue weighted by Crippen LogP contribution is 2.45. The van der Waals surface area contributed by atoms with Gasteiger partial charge in [0.1, 0.15) is 0 Å². The number of aromatic nitrogens is 2. The first-order chi connectivity index (χ1) is 9.78. The van der Waals surface area contributed by atoms with Gasteiger partial charge < -0.3 is 9.47 Å². The summed E-state index contributed by atoms with van der Waals surface area (Å²) in [5.41, 5.74) is 4.04. The van der Waals surface area contributed by atoms with Crippen molar-refractivity contribution in [3.05, 3.63) is 11.9 Å². The fourth-order valence-corrected chi connectivity index (χ4v) is 3.67. The average Bonchev–Trinajstić information content (AvgIpc) is 3.16. The van der Waals surface area contributed by atoms with Gasteiger partial charge in [0.05, 0.1) is 37.3 Å². The second-order valence-corrected chi connectivity index (χ2v) is 5.74. The molecule has 1 aromatic heterocycles. The summed E-state index contributed by atoms with van der Waals surface area (Å²) in [4.78, 5) is 0. The van der Waals surface area contributed by atoms with Crippen molar-refractivity contribution in [3.63, 3.8) is 0 Å². The van der Waals surface area contributed by atoms with Crippen LogP contribution >= 0.6 is 0 Å². The molecule has 20 heavy (non-hydrogen) atoms. The Hall–Kier alpha value is -1.11. The summed E-state index contributed by atoms with van der Waals surface area (Å²) in [6.45, 7) is 3.02. The van der Waals surface area contributed by atoms with Crippen LogP contribution in [0, 0.1) is 5.92 Å². The molecular formula is C14H24N4O2. The number of ether oxygens (including phenoxy) is 2. The summed E-state index contributed by atoms with van der Waals surface area (Å²) < 4.78 is 13.5. The molecule has 2 saturated heterocycles. The number of aryl methyl sites for hydroxylation is 1. The van der Waals surface area contributed by atoms with E-state index in [-0.39, 0.29) is 6.04 Å². The van der Waals surface area contributed by atoms with Gasteiger partial charge in [0, 0.05) is 12.5 Å². The quantitative estimate of drug-likeness (QED) is 0.608. The Bertz CT molecular complexity index is 462. The molecule has 0 amide bonds. The van der Waals surface area contributed by atoms with Gasteiger partial charge in [0.2, 0.25) is 0 Å². The third kappa shape index (κ3) is 2.21. The minimum atomic E-state index is 0.0364. The Kier molecular flexibility index (Phi) is 3.96. The van der Waals surface area contributed by atoms with Crippen LogP contribution in [0.25, 0.3) is 0 Å². The predicted molar refractivity (Wildman–Crippen MR) is 75.1 cm³/mol. The highest BCUT2D eigenvalue weighted by molar-refractivity contribution is 5.29. The van der Waals surface area contributed by atoms with E-state index in [0.717, 1.165) is 37.3 Å². The Balaban J connectivity index is 1.90. The van der Waals surface area contributed by atoms with Crippen LogP contribution in [-0.4, -0.2) is 29.1 Å². The maximum Gasteiger partial charge on any atom is 0.161 e. The topological polar surface area (TPSA) is 74.3 Å². The van der Waals surface area contributed by atoms with E-state index >= 15 is 0 Å². The molecule has 2 aliphatic heterocycles. The fraction of sp³-hybridized carbons (Fsp3) is 0.786. The van der Waals surface area contributed by atoms with Gasteiger partial charge in [-0.05, 0) is 25.7 Å². The number of hydrogen-bond donors (Lipinski definition) is 2. The highest BCUT2D eigenvalue weighted by Gasteiger charge is 2.46. The summed E-state index contributed by atoms with van der Waals surface area (Å²) in [5, 5.41) is 4.43. The third-order valence-electron chi connectivity index (χ3n) is 4.56. The van der Waals surface area contributed by atoms with Gasteiger partial charge in [-0.3, -0.25) is 16.0 Å². The van der Waals surface area contributed by atoms with Crippen molar-refractivity contribution in [2.75, 3.05) is 7.11 Å². The molecule has 2 aliphatic rings. The van der Waals surface area contributed by atoms with E-state index in [1.807, 2.05) is 4.68 Å². The van der Waals surface area contributed by atoms with Crippen molar-refractivity contribution in [2.45, 2.75) is 57.4 Å². The molecule has 4 atom stereocenters. The maximum absolute atomic E-state index is 5.97.